The van der Waals surface area contributed by atoms with E-state index in [-0.39, 0.29) is 11.6 Å². The standard InChI is InChI=1S/C23H24ClN9O2/c1-23(2,34)18-12-32(5-6-35-18)17-8-13(9-25)7-16(19(17)24)29-22-30-20(28-14-3-4-14)21-27-11-15(10-26)33(21)31-22/h7-8,11,14,18,34H,3-6,12H2,1-2H3,(H2,28,29,30,31)/t18-/m0/s1. The van der Waals surface area contributed by atoms with Crippen LogP contribution in [0.25, 0.3) is 5.65 Å². The number of halogens is 1. The highest BCUT2D eigenvalue weighted by atomic mass is 35.5. The van der Waals surface area contributed by atoms with Crippen LogP contribution in [0.3, 0.4) is 0 Å². The van der Waals surface area contributed by atoms with E-state index in [0.717, 1.165) is 12.8 Å². The van der Waals surface area contributed by atoms with Crippen molar-refractivity contribution in [2.75, 3.05) is 35.2 Å². The molecule has 1 saturated carbocycles. The van der Waals surface area contributed by atoms with Gasteiger partial charge in [-0.15, -0.1) is 5.10 Å². The van der Waals surface area contributed by atoms with Gasteiger partial charge in [-0.3, -0.25) is 0 Å². The lowest BCUT2D eigenvalue weighted by atomic mass is 10.00. The Morgan fingerprint density at radius 1 is 1.26 bits per heavy atom. The summed E-state index contributed by atoms with van der Waals surface area (Å²) in [6, 6.07) is 7.91. The lowest BCUT2D eigenvalue weighted by Gasteiger charge is -2.40. The van der Waals surface area contributed by atoms with Crippen LogP contribution in [-0.4, -0.2) is 62.1 Å². The van der Waals surface area contributed by atoms with E-state index < -0.39 is 11.7 Å². The van der Waals surface area contributed by atoms with Crippen molar-refractivity contribution in [3.63, 3.8) is 0 Å². The molecule has 35 heavy (non-hydrogen) atoms. The smallest absolute Gasteiger partial charge is 0.247 e. The fraction of sp³-hybridized carbons (Fsp3) is 0.435. The highest BCUT2D eigenvalue weighted by Crippen LogP contribution is 2.37. The van der Waals surface area contributed by atoms with E-state index in [1.54, 1.807) is 26.0 Å². The summed E-state index contributed by atoms with van der Waals surface area (Å²) in [5.41, 5.74) is 1.19. The molecule has 1 aromatic carbocycles. The zero-order chi connectivity index (χ0) is 24.7. The molecule has 0 unspecified atom stereocenters. The fourth-order valence-corrected chi connectivity index (χ4v) is 4.21. The van der Waals surface area contributed by atoms with Crippen molar-refractivity contribution in [3.05, 3.63) is 34.6 Å². The molecule has 1 atom stereocenters. The van der Waals surface area contributed by atoms with Gasteiger partial charge in [-0.2, -0.15) is 20.0 Å². The first-order valence-corrected chi connectivity index (χ1v) is 11.7. The molecule has 11 nitrogen and oxygen atoms in total. The molecule has 3 aromatic rings. The van der Waals surface area contributed by atoms with Gasteiger partial charge in [-0.1, -0.05) is 11.6 Å². The molecular weight excluding hydrogens is 470 g/mol. The number of fused-ring (bicyclic) bond motifs is 1. The Bertz CT molecular complexity index is 1360. The largest absolute Gasteiger partial charge is 0.388 e. The lowest BCUT2D eigenvalue weighted by molar-refractivity contribution is -0.0927. The van der Waals surface area contributed by atoms with Crippen LogP contribution < -0.4 is 15.5 Å². The number of rotatable bonds is 6. The number of benzene rings is 1. The quantitative estimate of drug-likeness (QED) is 0.468. The van der Waals surface area contributed by atoms with E-state index in [4.69, 9.17) is 16.3 Å². The predicted molar refractivity (Wildman–Crippen MR) is 130 cm³/mol. The van der Waals surface area contributed by atoms with Gasteiger partial charge in [0.2, 0.25) is 5.95 Å². The van der Waals surface area contributed by atoms with Crippen molar-refractivity contribution in [3.8, 4) is 12.1 Å². The predicted octanol–water partition coefficient (Wildman–Crippen LogP) is 2.82. The number of hydrogen-bond acceptors (Lipinski definition) is 10. The van der Waals surface area contributed by atoms with Crippen molar-refractivity contribution in [2.24, 2.45) is 0 Å². The molecule has 0 bridgehead atoms. The van der Waals surface area contributed by atoms with E-state index >= 15 is 0 Å². The molecule has 2 fully saturated rings. The van der Waals surface area contributed by atoms with Crippen molar-refractivity contribution in [2.45, 2.75) is 44.4 Å². The van der Waals surface area contributed by atoms with Gasteiger partial charge in [-0.05, 0) is 38.8 Å². The second-order valence-corrected chi connectivity index (χ2v) is 9.62. The first-order valence-electron chi connectivity index (χ1n) is 11.3. The molecule has 180 valence electrons. The number of morpholine rings is 1. The number of nitrogens with one attached hydrogen (secondary N) is 2. The van der Waals surface area contributed by atoms with Gasteiger partial charge in [0.05, 0.1) is 46.4 Å². The minimum atomic E-state index is -1.03. The first-order chi connectivity index (χ1) is 16.8. The van der Waals surface area contributed by atoms with Crippen molar-refractivity contribution in [1.82, 2.24) is 19.6 Å². The first kappa shape index (κ1) is 23.1. The molecule has 0 amide bonds. The Morgan fingerprint density at radius 2 is 2.06 bits per heavy atom. The third kappa shape index (κ3) is 4.66. The van der Waals surface area contributed by atoms with Crippen LogP contribution in [0, 0.1) is 22.7 Å². The molecule has 1 saturated heterocycles. The molecule has 2 aliphatic rings. The maximum atomic E-state index is 10.4. The second-order valence-electron chi connectivity index (χ2n) is 9.25. The average Bonchev–Trinajstić information content (AvgIpc) is 3.56. The Labute approximate surface area is 206 Å². The van der Waals surface area contributed by atoms with Crippen molar-refractivity contribution in [1.29, 1.82) is 10.5 Å². The third-order valence-corrected chi connectivity index (χ3v) is 6.42. The molecule has 12 heteroatoms. The Balaban J connectivity index is 1.52. The van der Waals surface area contributed by atoms with Gasteiger partial charge in [0.1, 0.15) is 12.2 Å². The van der Waals surface area contributed by atoms with Crippen LogP contribution in [0.2, 0.25) is 5.02 Å². The maximum absolute atomic E-state index is 10.4. The van der Waals surface area contributed by atoms with E-state index in [1.807, 2.05) is 4.90 Å². The van der Waals surface area contributed by atoms with E-state index in [0.29, 0.717) is 59.2 Å². The molecule has 2 aromatic heterocycles. The molecule has 3 N–H and O–H groups in total. The number of aromatic nitrogens is 4. The monoisotopic (exact) mass is 493 g/mol. The number of ether oxygens (including phenoxy) is 1. The minimum absolute atomic E-state index is 0.203. The average molecular weight is 494 g/mol. The number of hydrogen-bond donors (Lipinski definition) is 3. The number of aliphatic hydroxyl groups is 1. The summed E-state index contributed by atoms with van der Waals surface area (Å²) in [6.07, 6.45) is 3.11. The summed E-state index contributed by atoms with van der Waals surface area (Å²) in [4.78, 5) is 10.8. The van der Waals surface area contributed by atoms with Crippen LogP contribution in [0.1, 0.15) is 37.9 Å². The van der Waals surface area contributed by atoms with Crippen LogP contribution in [0.4, 0.5) is 23.1 Å². The van der Waals surface area contributed by atoms with Gasteiger partial charge in [0.25, 0.3) is 0 Å². The molecule has 0 radical (unpaired) electrons. The molecule has 1 aliphatic heterocycles. The van der Waals surface area contributed by atoms with Crippen LogP contribution in [0.5, 0.6) is 0 Å². The second kappa shape index (κ2) is 8.86. The zero-order valence-electron chi connectivity index (χ0n) is 19.3. The summed E-state index contributed by atoms with van der Waals surface area (Å²) in [5, 5.41) is 40.8. The van der Waals surface area contributed by atoms with Crippen molar-refractivity contribution < 1.29 is 9.84 Å². The van der Waals surface area contributed by atoms with E-state index in [2.05, 4.69) is 37.8 Å². The van der Waals surface area contributed by atoms with E-state index in [1.165, 1.54) is 10.7 Å². The Hall–Kier alpha value is -3.64. The molecular formula is C23H24ClN9O2. The molecule has 1 aliphatic carbocycles. The summed E-state index contributed by atoms with van der Waals surface area (Å²) in [6.45, 7) is 4.79. The number of imidazole rings is 1. The minimum Gasteiger partial charge on any atom is -0.388 e. The maximum Gasteiger partial charge on any atom is 0.247 e. The fourth-order valence-electron chi connectivity index (χ4n) is 3.94. The van der Waals surface area contributed by atoms with E-state index in [9.17, 15) is 15.6 Å². The molecule has 5 rings (SSSR count). The number of nitriles is 2. The summed E-state index contributed by atoms with van der Waals surface area (Å²) >= 11 is 6.81. The summed E-state index contributed by atoms with van der Waals surface area (Å²) in [7, 11) is 0. The van der Waals surface area contributed by atoms with Crippen molar-refractivity contribution >= 4 is 40.4 Å². The molecule has 0 spiro atoms. The van der Waals surface area contributed by atoms with Gasteiger partial charge in [-0.25, -0.2) is 4.98 Å². The normalized spacial score (nSPS) is 18.2. The molecule has 3 heterocycles. The highest BCUT2D eigenvalue weighted by Gasteiger charge is 2.33. The Morgan fingerprint density at radius 3 is 2.74 bits per heavy atom. The topological polar surface area (TPSA) is 147 Å². The van der Waals surface area contributed by atoms with Crippen LogP contribution >= 0.6 is 11.6 Å². The number of nitrogens with zero attached hydrogens (tertiary/aromatic N) is 7. The number of anilines is 4. The third-order valence-electron chi connectivity index (χ3n) is 6.02. The van der Waals surface area contributed by atoms with Gasteiger partial charge >= 0.3 is 0 Å². The van der Waals surface area contributed by atoms with Crippen LogP contribution in [0.15, 0.2) is 18.3 Å². The van der Waals surface area contributed by atoms with Crippen LogP contribution in [-0.2, 0) is 4.74 Å². The Kier molecular flexibility index (Phi) is 5.85. The van der Waals surface area contributed by atoms with Gasteiger partial charge in [0.15, 0.2) is 17.2 Å². The van der Waals surface area contributed by atoms with Gasteiger partial charge < -0.3 is 25.4 Å². The lowest BCUT2D eigenvalue weighted by Crippen LogP contribution is -2.52. The SMILES string of the molecule is CC(C)(O)[C@@H]1CN(c2cc(C#N)cc(Nc3nc(NC4CC4)c4ncc(C#N)n4n3)c2Cl)CCO1. The highest BCUT2D eigenvalue weighted by molar-refractivity contribution is 6.36. The zero-order valence-corrected chi connectivity index (χ0v) is 20.0. The van der Waals surface area contributed by atoms with Gasteiger partial charge in [0, 0.05) is 19.1 Å². The summed E-state index contributed by atoms with van der Waals surface area (Å²) in [5.74, 6) is 0.718. The summed E-state index contributed by atoms with van der Waals surface area (Å²) < 4.78 is 7.17.